The summed E-state index contributed by atoms with van der Waals surface area (Å²) in [5.74, 6) is 0.330. The van der Waals surface area contributed by atoms with Crippen LogP contribution in [-0.4, -0.2) is 30.3 Å². The van der Waals surface area contributed by atoms with Gasteiger partial charge in [-0.25, -0.2) is 0 Å². The smallest absolute Gasteiger partial charge is 0.250 e. The SMILES string of the molecule is O=C(/C=C/c1ccc(Cl)cc1)NC(=S)Nc1ccccc1OCC1CCCO1. The molecule has 1 amide bonds. The van der Waals surface area contributed by atoms with Crippen LogP contribution in [0.2, 0.25) is 5.02 Å². The molecule has 0 saturated carbocycles. The molecule has 2 N–H and O–H groups in total. The third-order valence-corrected chi connectivity index (χ3v) is 4.57. The summed E-state index contributed by atoms with van der Waals surface area (Å²) in [5, 5.41) is 6.47. The quantitative estimate of drug-likeness (QED) is 0.539. The fourth-order valence-electron chi connectivity index (χ4n) is 2.71. The molecule has 0 radical (unpaired) electrons. The van der Waals surface area contributed by atoms with E-state index in [-0.39, 0.29) is 17.1 Å². The molecule has 2 aromatic rings. The molecule has 0 spiro atoms. The van der Waals surface area contributed by atoms with Crippen LogP contribution >= 0.6 is 23.8 Å². The van der Waals surface area contributed by atoms with E-state index in [0.29, 0.717) is 23.1 Å². The molecule has 5 nitrogen and oxygen atoms in total. The summed E-state index contributed by atoms with van der Waals surface area (Å²) >= 11 is 11.1. The van der Waals surface area contributed by atoms with Gasteiger partial charge in [0.05, 0.1) is 11.8 Å². The molecule has 146 valence electrons. The lowest BCUT2D eigenvalue weighted by Crippen LogP contribution is -2.33. The van der Waals surface area contributed by atoms with Crippen molar-refractivity contribution >= 4 is 46.6 Å². The highest BCUT2D eigenvalue weighted by Crippen LogP contribution is 2.25. The maximum absolute atomic E-state index is 12.1. The van der Waals surface area contributed by atoms with Gasteiger partial charge in [0.2, 0.25) is 5.91 Å². The predicted molar refractivity (Wildman–Crippen MR) is 116 cm³/mol. The Morgan fingerprint density at radius 3 is 2.79 bits per heavy atom. The predicted octanol–water partition coefficient (Wildman–Crippen LogP) is 4.42. The van der Waals surface area contributed by atoms with Gasteiger partial charge in [-0.15, -0.1) is 0 Å². The standard InChI is InChI=1S/C21H21ClN2O3S/c22-16-10-7-15(8-11-16)9-12-20(25)24-21(28)23-18-5-1-2-6-19(18)27-14-17-4-3-13-26-17/h1-2,5-12,17H,3-4,13-14H2,(H2,23,24,25,28)/b12-9+. The first-order valence-corrected chi connectivity index (χ1v) is 9.78. The van der Waals surface area contributed by atoms with Crippen LogP contribution in [0.15, 0.2) is 54.6 Å². The van der Waals surface area contributed by atoms with Crippen LogP contribution in [0.25, 0.3) is 6.08 Å². The highest BCUT2D eigenvalue weighted by atomic mass is 35.5. The van der Waals surface area contributed by atoms with E-state index >= 15 is 0 Å². The fraction of sp³-hybridized carbons (Fsp3) is 0.238. The van der Waals surface area contributed by atoms with Crippen molar-refractivity contribution in [3.05, 3.63) is 65.2 Å². The van der Waals surface area contributed by atoms with Gasteiger partial charge in [0.1, 0.15) is 12.4 Å². The van der Waals surface area contributed by atoms with E-state index in [4.69, 9.17) is 33.3 Å². The van der Waals surface area contributed by atoms with E-state index in [9.17, 15) is 4.79 Å². The molecule has 1 atom stereocenters. The number of carbonyl (C=O) groups is 1. The van der Waals surface area contributed by atoms with Crippen LogP contribution in [0.1, 0.15) is 18.4 Å². The van der Waals surface area contributed by atoms with Crippen LogP contribution in [0.3, 0.4) is 0 Å². The van der Waals surface area contributed by atoms with E-state index in [1.165, 1.54) is 6.08 Å². The maximum Gasteiger partial charge on any atom is 0.250 e. The monoisotopic (exact) mass is 416 g/mol. The van der Waals surface area contributed by atoms with Gasteiger partial charge in [-0.05, 0) is 61.0 Å². The Labute approximate surface area is 174 Å². The molecule has 0 bridgehead atoms. The van der Waals surface area contributed by atoms with Crippen molar-refractivity contribution in [2.45, 2.75) is 18.9 Å². The lowest BCUT2D eigenvalue weighted by molar-refractivity contribution is -0.115. The fourth-order valence-corrected chi connectivity index (χ4v) is 3.04. The number of thiocarbonyl (C=S) groups is 1. The second-order valence-corrected chi connectivity index (χ2v) is 7.12. The highest BCUT2D eigenvalue weighted by molar-refractivity contribution is 7.80. The molecule has 1 fully saturated rings. The normalized spacial score (nSPS) is 16.1. The lowest BCUT2D eigenvalue weighted by Gasteiger charge is -2.16. The van der Waals surface area contributed by atoms with Gasteiger partial charge in [0.15, 0.2) is 5.11 Å². The zero-order chi connectivity index (χ0) is 19.8. The highest BCUT2D eigenvalue weighted by Gasteiger charge is 2.17. The molecule has 1 saturated heterocycles. The number of benzene rings is 2. The number of amides is 1. The van der Waals surface area contributed by atoms with Crippen molar-refractivity contribution in [1.29, 1.82) is 0 Å². The topological polar surface area (TPSA) is 59.6 Å². The van der Waals surface area contributed by atoms with Gasteiger partial charge in [0, 0.05) is 17.7 Å². The van der Waals surface area contributed by atoms with Crippen LogP contribution in [0, 0.1) is 0 Å². The molecular weight excluding hydrogens is 396 g/mol. The van der Waals surface area contributed by atoms with Gasteiger partial charge in [-0.1, -0.05) is 35.9 Å². The minimum atomic E-state index is -0.329. The summed E-state index contributed by atoms with van der Waals surface area (Å²) < 4.78 is 11.4. The van der Waals surface area contributed by atoms with Gasteiger partial charge >= 0.3 is 0 Å². The van der Waals surface area contributed by atoms with Crippen LogP contribution in [0.4, 0.5) is 5.69 Å². The van der Waals surface area contributed by atoms with E-state index in [1.54, 1.807) is 18.2 Å². The van der Waals surface area contributed by atoms with Gasteiger partial charge in [-0.2, -0.15) is 0 Å². The number of hydrogen-bond acceptors (Lipinski definition) is 4. The second-order valence-electron chi connectivity index (χ2n) is 6.27. The zero-order valence-electron chi connectivity index (χ0n) is 15.2. The molecule has 1 aliphatic rings. The minimum absolute atomic E-state index is 0.123. The molecule has 28 heavy (non-hydrogen) atoms. The second kappa shape index (κ2) is 10.2. The number of rotatable bonds is 6. The average Bonchev–Trinajstić information content (AvgIpc) is 3.20. The van der Waals surface area contributed by atoms with Crippen molar-refractivity contribution in [1.82, 2.24) is 5.32 Å². The number of para-hydroxylation sites is 2. The Hall–Kier alpha value is -2.41. The number of anilines is 1. The molecule has 7 heteroatoms. The Bertz CT molecular complexity index is 849. The zero-order valence-corrected chi connectivity index (χ0v) is 16.8. The third-order valence-electron chi connectivity index (χ3n) is 4.12. The molecule has 1 unspecified atom stereocenters. The van der Waals surface area contributed by atoms with Crippen molar-refractivity contribution < 1.29 is 14.3 Å². The molecular formula is C21H21ClN2O3S. The first kappa shape index (κ1) is 20.3. The average molecular weight is 417 g/mol. The molecule has 0 aliphatic carbocycles. The minimum Gasteiger partial charge on any atom is -0.489 e. The summed E-state index contributed by atoms with van der Waals surface area (Å²) in [6, 6.07) is 14.6. The van der Waals surface area contributed by atoms with E-state index in [0.717, 1.165) is 25.0 Å². The largest absolute Gasteiger partial charge is 0.489 e. The number of nitrogens with one attached hydrogen (secondary N) is 2. The van der Waals surface area contributed by atoms with Crippen molar-refractivity contribution in [2.75, 3.05) is 18.5 Å². The Morgan fingerprint density at radius 1 is 1.25 bits per heavy atom. The third kappa shape index (κ3) is 6.34. The Balaban J connectivity index is 1.52. The molecule has 1 aliphatic heterocycles. The van der Waals surface area contributed by atoms with Crippen LogP contribution in [-0.2, 0) is 9.53 Å². The molecule has 1 heterocycles. The Kier molecular flexibility index (Phi) is 7.42. The first-order valence-electron chi connectivity index (χ1n) is 8.99. The van der Waals surface area contributed by atoms with E-state index in [2.05, 4.69) is 10.6 Å². The van der Waals surface area contributed by atoms with Gasteiger partial charge in [0.25, 0.3) is 0 Å². The molecule has 0 aromatic heterocycles. The summed E-state index contributed by atoms with van der Waals surface area (Å²) in [4.78, 5) is 12.1. The van der Waals surface area contributed by atoms with Crippen LogP contribution < -0.4 is 15.4 Å². The van der Waals surface area contributed by atoms with Gasteiger partial charge < -0.3 is 14.8 Å². The maximum atomic E-state index is 12.1. The number of halogens is 1. The summed E-state index contributed by atoms with van der Waals surface area (Å²) in [7, 11) is 0. The Morgan fingerprint density at radius 2 is 2.04 bits per heavy atom. The van der Waals surface area contributed by atoms with Crippen molar-refractivity contribution in [3.63, 3.8) is 0 Å². The summed E-state index contributed by atoms with van der Waals surface area (Å²) in [6.45, 7) is 1.27. The number of carbonyl (C=O) groups excluding carboxylic acids is 1. The van der Waals surface area contributed by atoms with E-state index < -0.39 is 0 Å². The van der Waals surface area contributed by atoms with Crippen LogP contribution in [0.5, 0.6) is 5.75 Å². The molecule has 2 aromatic carbocycles. The number of hydrogen-bond donors (Lipinski definition) is 2. The first-order chi connectivity index (χ1) is 13.6. The lowest BCUT2D eigenvalue weighted by atomic mass is 10.2. The van der Waals surface area contributed by atoms with Crippen molar-refractivity contribution in [3.8, 4) is 5.75 Å². The number of ether oxygens (including phenoxy) is 2. The van der Waals surface area contributed by atoms with E-state index in [1.807, 2.05) is 36.4 Å². The summed E-state index contributed by atoms with van der Waals surface area (Å²) in [5.41, 5.74) is 1.55. The molecule has 3 rings (SSSR count). The van der Waals surface area contributed by atoms with Gasteiger partial charge in [-0.3, -0.25) is 10.1 Å². The van der Waals surface area contributed by atoms with Crippen molar-refractivity contribution in [2.24, 2.45) is 0 Å². The summed E-state index contributed by atoms with van der Waals surface area (Å²) in [6.07, 6.45) is 5.29.